The molecule has 0 saturated heterocycles. The fourth-order valence-corrected chi connectivity index (χ4v) is 3.53. The SMILES string of the molecule is Nc1cccc(Cl)c1S(=O)CCOc1cccc(Br)c1. The van der Waals surface area contributed by atoms with Gasteiger partial charge in [0.2, 0.25) is 0 Å². The number of rotatable bonds is 5. The van der Waals surface area contributed by atoms with Crippen molar-refractivity contribution in [3.05, 3.63) is 52.0 Å². The first-order valence-corrected chi connectivity index (χ1v) is 8.37. The molecule has 0 aromatic heterocycles. The molecule has 0 aliphatic rings. The summed E-state index contributed by atoms with van der Waals surface area (Å²) in [7, 11) is -1.28. The van der Waals surface area contributed by atoms with Crippen molar-refractivity contribution in [1.82, 2.24) is 0 Å². The Balaban J connectivity index is 1.96. The minimum Gasteiger partial charge on any atom is -0.493 e. The largest absolute Gasteiger partial charge is 0.493 e. The van der Waals surface area contributed by atoms with E-state index in [0.29, 0.717) is 28.0 Å². The summed E-state index contributed by atoms with van der Waals surface area (Å²) >= 11 is 9.39. The molecule has 20 heavy (non-hydrogen) atoms. The monoisotopic (exact) mass is 373 g/mol. The molecule has 3 nitrogen and oxygen atoms in total. The van der Waals surface area contributed by atoms with Crippen LogP contribution in [-0.2, 0) is 10.8 Å². The maximum absolute atomic E-state index is 12.2. The molecular weight excluding hydrogens is 362 g/mol. The molecule has 2 N–H and O–H groups in total. The van der Waals surface area contributed by atoms with E-state index < -0.39 is 10.8 Å². The van der Waals surface area contributed by atoms with Gasteiger partial charge in [0.05, 0.1) is 26.5 Å². The second-order valence-electron chi connectivity index (χ2n) is 4.01. The predicted octanol–water partition coefficient (Wildman–Crippen LogP) is 3.87. The summed E-state index contributed by atoms with van der Waals surface area (Å²) in [5, 5.41) is 0.422. The minimum absolute atomic E-state index is 0.327. The first-order chi connectivity index (χ1) is 9.58. The predicted molar refractivity (Wildman–Crippen MR) is 86.8 cm³/mol. The zero-order chi connectivity index (χ0) is 14.5. The highest BCUT2D eigenvalue weighted by Crippen LogP contribution is 2.26. The van der Waals surface area contributed by atoms with E-state index in [0.717, 1.165) is 10.2 Å². The smallest absolute Gasteiger partial charge is 0.120 e. The number of benzene rings is 2. The van der Waals surface area contributed by atoms with Gasteiger partial charge in [-0.1, -0.05) is 39.7 Å². The Labute approximate surface area is 133 Å². The molecule has 0 heterocycles. The number of anilines is 1. The van der Waals surface area contributed by atoms with Crippen LogP contribution in [0, 0.1) is 0 Å². The Morgan fingerprint density at radius 2 is 2.00 bits per heavy atom. The first-order valence-electron chi connectivity index (χ1n) is 5.88. The molecule has 0 saturated carbocycles. The van der Waals surface area contributed by atoms with Crippen molar-refractivity contribution >= 4 is 44.0 Å². The van der Waals surface area contributed by atoms with Crippen molar-refractivity contribution in [2.75, 3.05) is 18.1 Å². The lowest BCUT2D eigenvalue weighted by atomic mass is 10.3. The summed E-state index contributed by atoms with van der Waals surface area (Å²) in [6.07, 6.45) is 0. The van der Waals surface area contributed by atoms with Crippen molar-refractivity contribution in [3.8, 4) is 5.75 Å². The van der Waals surface area contributed by atoms with Crippen molar-refractivity contribution in [3.63, 3.8) is 0 Å². The number of halogens is 2. The zero-order valence-electron chi connectivity index (χ0n) is 10.5. The van der Waals surface area contributed by atoms with Crippen LogP contribution in [0.3, 0.4) is 0 Å². The summed E-state index contributed by atoms with van der Waals surface area (Å²) in [5.74, 6) is 1.06. The van der Waals surface area contributed by atoms with Crippen LogP contribution in [0.25, 0.3) is 0 Å². The number of nitrogens with two attached hydrogens (primary N) is 1. The van der Waals surface area contributed by atoms with E-state index in [4.69, 9.17) is 22.1 Å². The Hall–Kier alpha value is -1.04. The molecule has 0 amide bonds. The molecule has 1 atom stereocenters. The molecule has 0 spiro atoms. The van der Waals surface area contributed by atoms with Crippen LogP contribution < -0.4 is 10.5 Å². The number of nitrogen functional groups attached to an aromatic ring is 1. The summed E-state index contributed by atoms with van der Waals surface area (Å²) in [6, 6.07) is 12.6. The topological polar surface area (TPSA) is 52.3 Å². The van der Waals surface area contributed by atoms with Gasteiger partial charge in [-0.15, -0.1) is 0 Å². The van der Waals surface area contributed by atoms with E-state index in [1.807, 2.05) is 24.3 Å². The summed E-state index contributed by atoms with van der Waals surface area (Å²) in [5.41, 5.74) is 6.24. The molecule has 0 fully saturated rings. The summed E-state index contributed by atoms with van der Waals surface area (Å²) in [4.78, 5) is 0.479. The van der Waals surface area contributed by atoms with Gasteiger partial charge in [0.25, 0.3) is 0 Å². The van der Waals surface area contributed by atoms with Crippen molar-refractivity contribution in [2.24, 2.45) is 0 Å². The third kappa shape index (κ3) is 3.98. The molecule has 0 aliphatic heterocycles. The van der Waals surface area contributed by atoms with Gasteiger partial charge in [0.1, 0.15) is 12.4 Å². The second-order valence-corrected chi connectivity index (χ2v) is 6.84. The van der Waals surface area contributed by atoms with Gasteiger partial charge < -0.3 is 10.5 Å². The Bertz CT molecular complexity index is 616. The van der Waals surface area contributed by atoms with Gasteiger partial charge in [-0.2, -0.15) is 0 Å². The highest BCUT2D eigenvalue weighted by Gasteiger charge is 2.12. The third-order valence-electron chi connectivity index (χ3n) is 2.56. The van der Waals surface area contributed by atoms with Crippen molar-refractivity contribution in [1.29, 1.82) is 0 Å². The van der Waals surface area contributed by atoms with Gasteiger partial charge in [-0.05, 0) is 30.3 Å². The van der Waals surface area contributed by atoms with Crippen molar-refractivity contribution < 1.29 is 8.95 Å². The van der Waals surface area contributed by atoms with E-state index in [1.54, 1.807) is 18.2 Å². The van der Waals surface area contributed by atoms with Crippen LogP contribution in [0.5, 0.6) is 5.75 Å². The van der Waals surface area contributed by atoms with E-state index in [-0.39, 0.29) is 0 Å². The molecule has 2 rings (SSSR count). The maximum atomic E-state index is 12.2. The molecule has 106 valence electrons. The molecule has 0 bridgehead atoms. The highest BCUT2D eigenvalue weighted by molar-refractivity contribution is 9.10. The van der Waals surface area contributed by atoms with Crippen LogP contribution in [-0.4, -0.2) is 16.6 Å². The number of ether oxygens (including phenoxy) is 1. The fourth-order valence-electron chi connectivity index (χ4n) is 1.66. The molecule has 6 heteroatoms. The summed E-state index contributed by atoms with van der Waals surface area (Å²) in [6.45, 7) is 0.327. The van der Waals surface area contributed by atoms with Crippen LogP contribution in [0.15, 0.2) is 51.8 Å². The average molecular weight is 375 g/mol. The van der Waals surface area contributed by atoms with Gasteiger partial charge in [-0.3, -0.25) is 4.21 Å². The lowest BCUT2D eigenvalue weighted by molar-refractivity contribution is 0.342. The Morgan fingerprint density at radius 3 is 2.70 bits per heavy atom. The highest BCUT2D eigenvalue weighted by atomic mass is 79.9. The Morgan fingerprint density at radius 1 is 1.25 bits per heavy atom. The third-order valence-corrected chi connectivity index (χ3v) is 4.93. The van der Waals surface area contributed by atoms with Crippen LogP contribution >= 0.6 is 27.5 Å². The van der Waals surface area contributed by atoms with Gasteiger partial charge in [0, 0.05) is 10.2 Å². The first kappa shape index (κ1) is 15.4. The molecule has 2 aromatic carbocycles. The number of hydrogen-bond acceptors (Lipinski definition) is 3. The minimum atomic E-state index is -1.28. The van der Waals surface area contributed by atoms with Crippen LogP contribution in [0.1, 0.15) is 0 Å². The second kappa shape index (κ2) is 7.11. The van der Waals surface area contributed by atoms with E-state index in [2.05, 4.69) is 15.9 Å². The van der Waals surface area contributed by atoms with Gasteiger partial charge >= 0.3 is 0 Å². The number of hydrogen-bond donors (Lipinski definition) is 1. The van der Waals surface area contributed by atoms with Gasteiger partial charge in [-0.25, -0.2) is 0 Å². The molecule has 0 radical (unpaired) electrons. The average Bonchev–Trinajstić information content (AvgIpc) is 2.38. The standard InChI is InChI=1S/C14H13BrClNO2S/c15-10-3-1-4-11(9-10)19-7-8-20(18)14-12(16)5-2-6-13(14)17/h1-6,9H,7-8,17H2. The normalized spacial score (nSPS) is 12.1. The van der Waals surface area contributed by atoms with Crippen molar-refractivity contribution in [2.45, 2.75) is 4.90 Å². The molecule has 0 aliphatic carbocycles. The van der Waals surface area contributed by atoms with E-state index >= 15 is 0 Å². The lowest BCUT2D eigenvalue weighted by Gasteiger charge is -2.09. The van der Waals surface area contributed by atoms with Crippen LogP contribution in [0.4, 0.5) is 5.69 Å². The molecule has 1 unspecified atom stereocenters. The summed E-state index contributed by atoms with van der Waals surface area (Å²) < 4.78 is 18.7. The maximum Gasteiger partial charge on any atom is 0.120 e. The molecular formula is C14H13BrClNO2S. The Kier molecular flexibility index (Phi) is 5.46. The fraction of sp³-hybridized carbons (Fsp3) is 0.143. The lowest BCUT2D eigenvalue weighted by Crippen LogP contribution is -2.10. The van der Waals surface area contributed by atoms with Gasteiger partial charge in [0.15, 0.2) is 0 Å². The zero-order valence-corrected chi connectivity index (χ0v) is 13.7. The van der Waals surface area contributed by atoms with E-state index in [1.165, 1.54) is 0 Å². The quantitative estimate of drug-likeness (QED) is 0.808. The van der Waals surface area contributed by atoms with E-state index in [9.17, 15) is 4.21 Å². The van der Waals surface area contributed by atoms with Crippen LogP contribution in [0.2, 0.25) is 5.02 Å². The molecule has 2 aromatic rings.